The van der Waals surface area contributed by atoms with Crippen molar-refractivity contribution in [3.8, 4) is 0 Å². The van der Waals surface area contributed by atoms with Gasteiger partial charge >= 0.3 is 13.5 Å². The van der Waals surface area contributed by atoms with Gasteiger partial charge in [-0.1, -0.05) is 108 Å². The standard InChI is InChI=1S/C32H58N5O8PS/c1-4-5-6-7-8-9-10-11-12-13-14-15-16-17-18-19-20-47-25-27(42-3)23-43-46(40,41)44-24-29-28(35-36-33)21-30(45-29)37-22-26(2)31(38)34-32(37)39/h22,27-30H,4-21,23-25H2,1-3H3,(H,40,41)(H,34,38,39)/t27?,28?,29-,30-/m1/s1. The van der Waals surface area contributed by atoms with Gasteiger partial charge in [-0.2, -0.15) is 11.8 Å². The van der Waals surface area contributed by atoms with Crippen molar-refractivity contribution in [2.75, 3.05) is 31.8 Å². The third-order valence-electron chi connectivity index (χ3n) is 8.47. The zero-order chi connectivity index (χ0) is 34.3. The maximum absolute atomic E-state index is 12.6. The lowest BCUT2D eigenvalue weighted by atomic mass is 10.0. The van der Waals surface area contributed by atoms with E-state index in [0.717, 1.165) is 12.2 Å². The Morgan fingerprint density at radius 2 is 1.62 bits per heavy atom. The summed E-state index contributed by atoms with van der Waals surface area (Å²) in [5, 5.41) is 3.69. The van der Waals surface area contributed by atoms with Crippen molar-refractivity contribution in [2.24, 2.45) is 5.11 Å². The molecule has 0 aliphatic carbocycles. The summed E-state index contributed by atoms with van der Waals surface area (Å²) in [7, 11) is -2.94. The number of aromatic nitrogens is 2. The molecular weight excluding hydrogens is 645 g/mol. The third kappa shape index (κ3) is 17.5. The van der Waals surface area contributed by atoms with Crippen molar-refractivity contribution in [1.82, 2.24) is 9.55 Å². The fourth-order valence-electron chi connectivity index (χ4n) is 5.56. The SMILES string of the molecule is CCCCCCCCCCCCCCCCCCSCC(COP(=O)(O)OC[C@H]1O[C@@H](n2cc(C)c(=O)[nH]c2=O)CC1N=[N+]=[N-])OC. The lowest BCUT2D eigenvalue weighted by Gasteiger charge is -2.20. The van der Waals surface area contributed by atoms with Crippen LogP contribution in [0.2, 0.25) is 0 Å². The summed E-state index contributed by atoms with van der Waals surface area (Å²) in [6.07, 6.45) is 20.7. The maximum atomic E-state index is 12.6. The van der Waals surface area contributed by atoms with E-state index in [4.69, 9.17) is 24.1 Å². The molecule has 1 aromatic rings. The number of unbranched alkanes of at least 4 members (excludes halogenated alkanes) is 15. The number of nitrogens with one attached hydrogen (secondary N) is 1. The lowest BCUT2D eigenvalue weighted by molar-refractivity contribution is -0.0303. The van der Waals surface area contributed by atoms with E-state index in [1.54, 1.807) is 18.7 Å². The highest BCUT2D eigenvalue weighted by atomic mass is 32.2. The van der Waals surface area contributed by atoms with Gasteiger partial charge in [0, 0.05) is 36.0 Å². The summed E-state index contributed by atoms with van der Waals surface area (Å²) in [5.41, 5.74) is 8.07. The molecule has 0 amide bonds. The van der Waals surface area contributed by atoms with Crippen LogP contribution in [0.25, 0.3) is 10.4 Å². The average molecular weight is 704 g/mol. The van der Waals surface area contributed by atoms with E-state index in [1.807, 2.05) is 0 Å². The van der Waals surface area contributed by atoms with Crippen LogP contribution in [-0.2, 0) is 23.1 Å². The topological polar surface area (TPSA) is 178 Å². The highest BCUT2D eigenvalue weighted by Gasteiger charge is 2.38. The van der Waals surface area contributed by atoms with Gasteiger partial charge in [0.05, 0.1) is 31.5 Å². The van der Waals surface area contributed by atoms with Crippen LogP contribution in [0, 0.1) is 6.92 Å². The zero-order valence-corrected chi connectivity index (χ0v) is 30.4. The number of thioether (sulfide) groups is 1. The Balaban J connectivity index is 1.55. The van der Waals surface area contributed by atoms with Gasteiger partial charge in [-0.25, -0.2) is 9.36 Å². The Morgan fingerprint density at radius 3 is 2.17 bits per heavy atom. The monoisotopic (exact) mass is 703 g/mol. The molecule has 0 bridgehead atoms. The predicted octanol–water partition coefficient (Wildman–Crippen LogP) is 7.95. The molecule has 47 heavy (non-hydrogen) atoms. The highest BCUT2D eigenvalue weighted by Crippen LogP contribution is 2.45. The second-order valence-electron chi connectivity index (χ2n) is 12.4. The van der Waals surface area contributed by atoms with Gasteiger partial charge in [-0.3, -0.25) is 23.4 Å². The number of hydrogen-bond donors (Lipinski definition) is 2. The highest BCUT2D eigenvalue weighted by molar-refractivity contribution is 7.99. The second kappa shape index (κ2) is 24.5. The molecule has 2 N–H and O–H groups in total. The zero-order valence-electron chi connectivity index (χ0n) is 28.7. The van der Waals surface area contributed by atoms with Crippen LogP contribution in [0.1, 0.15) is 128 Å². The first-order chi connectivity index (χ1) is 22.7. The first-order valence-electron chi connectivity index (χ1n) is 17.4. The van der Waals surface area contributed by atoms with Crippen molar-refractivity contribution in [1.29, 1.82) is 0 Å². The lowest BCUT2D eigenvalue weighted by Crippen LogP contribution is -2.33. The molecule has 3 unspecified atom stereocenters. The van der Waals surface area contributed by atoms with Crippen molar-refractivity contribution in [3.63, 3.8) is 0 Å². The van der Waals surface area contributed by atoms with Crippen LogP contribution < -0.4 is 11.2 Å². The number of phosphoric ester groups is 1. The number of ether oxygens (including phenoxy) is 2. The Hall–Kier alpha value is -1.63. The van der Waals surface area contributed by atoms with E-state index < -0.39 is 44.1 Å². The van der Waals surface area contributed by atoms with E-state index in [9.17, 15) is 19.0 Å². The van der Waals surface area contributed by atoms with Crippen LogP contribution >= 0.6 is 19.6 Å². The predicted molar refractivity (Wildman–Crippen MR) is 187 cm³/mol. The number of phosphoric acid groups is 1. The van der Waals surface area contributed by atoms with Crippen molar-refractivity contribution < 1.29 is 28.0 Å². The fourth-order valence-corrected chi connectivity index (χ4v) is 7.39. The first-order valence-corrected chi connectivity index (χ1v) is 20.1. The number of nitrogens with zero attached hydrogens (tertiary/aromatic N) is 4. The molecule has 2 rings (SSSR count). The van der Waals surface area contributed by atoms with Crippen molar-refractivity contribution in [2.45, 2.75) is 147 Å². The van der Waals surface area contributed by atoms with Gasteiger partial charge in [0.15, 0.2) is 0 Å². The maximum Gasteiger partial charge on any atom is 0.472 e. The van der Waals surface area contributed by atoms with Crippen LogP contribution in [0.15, 0.2) is 20.9 Å². The number of methoxy groups -OCH3 is 1. The molecule has 1 fully saturated rings. The summed E-state index contributed by atoms with van der Waals surface area (Å²) < 4.78 is 35.3. The smallest absolute Gasteiger partial charge is 0.378 e. The van der Waals surface area contributed by atoms with Gasteiger partial charge in [-0.05, 0) is 24.6 Å². The second-order valence-corrected chi connectivity index (χ2v) is 15.0. The number of H-pyrrole nitrogens is 1. The Kier molecular flexibility index (Phi) is 21.7. The molecule has 0 aromatic carbocycles. The molecule has 2 heterocycles. The Morgan fingerprint density at radius 1 is 1.04 bits per heavy atom. The van der Waals surface area contributed by atoms with E-state index >= 15 is 0 Å². The van der Waals surface area contributed by atoms with Gasteiger partial charge in [0.1, 0.15) is 6.23 Å². The molecule has 13 nitrogen and oxygen atoms in total. The molecule has 5 atom stereocenters. The molecule has 270 valence electrons. The summed E-state index contributed by atoms with van der Waals surface area (Å²) in [6.45, 7) is 3.27. The summed E-state index contributed by atoms with van der Waals surface area (Å²) in [6, 6.07) is -0.767. The number of hydrogen-bond acceptors (Lipinski definition) is 9. The molecule has 15 heteroatoms. The molecule has 0 spiro atoms. The summed E-state index contributed by atoms with van der Waals surface area (Å²) in [5.74, 6) is 1.61. The molecule has 1 aliphatic rings. The minimum absolute atomic E-state index is 0.114. The van der Waals surface area contributed by atoms with Gasteiger partial charge < -0.3 is 14.4 Å². The van der Waals surface area contributed by atoms with E-state index in [0.29, 0.717) is 11.3 Å². The Labute approximate surface area is 284 Å². The molecule has 1 saturated heterocycles. The Bertz CT molecular complexity index is 1210. The van der Waals surface area contributed by atoms with E-state index in [1.165, 1.54) is 114 Å². The van der Waals surface area contributed by atoms with E-state index in [2.05, 4.69) is 21.9 Å². The third-order valence-corrected chi connectivity index (χ3v) is 10.6. The minimum atomic E-state index is -4.47. The van der Waals surface area contributed by atoms with Gasteiger partial charge in [0.2, 0.25) is 0 Å². The number of azide groups is 1. The summed E-state index contributed by atoms with van der Waals surface area (Å²) >= 11 is 1.73. The molecule has 1 aromatic heterocycles. The summed E-state index contributed by atoms with van der Waals surface area (Å²) in [4.78, 5) is 39.2. The van der Waals surface area contributed by atoms with Crippen LogP contribution in [-0.4, -0.2) is 64.5 Å². The van der Waals surface area contributed by atoms with Crippen LogP contribution in [0.3, 0.4) is 0 Å². The minimum Gasteiger partial charge on any atom is -0.378 e. The van der Waals surface area contributed by atoms with Crippen molar-refractivity contribution in [3.05, 3.63) is 43.0 Å². The number of aryl methyl sites for hydroxylation is 1. The molecule has 0 saturated carbocycles. The van der Waals surface area contributed by atoms with E-state index in [-0.39, 0.29) is 19.1 Å². The van der Waals surface area contributed by atoms with Gasteiger partial charge in [0.25, 0.3) is 5.56 Å². The van der Waals surface area contributed by atoms with Crippen molar-refractivity contribution >= 4 is 19.6 Å². The van der Waals surface area contributed by atoms with Crippen LogP contribution in [0.4, 0.5) is 0 Å². The first kappa shape index (κ1) is 41.5. The quantitative estimate of drug-likeness (QED) is 0.0288. The normalized spacial score (nSPS) is 19.8. The average Bonchev–Trinajstić information content (AvgIpc) is 3.45. The largest absolute Gasteiger partial charge is 0.472 e. The van der Waals surface area contributed by atoms with Gasteiger partial charge in [-0.15, -0.1) is 0 Å². The number of rotatable bonds is 28. The molecule has 0 radical (unpaired) electrons. The molecule has 1 aliphatic heterocycles. The van der Waals surface area contributed by atoms with Crippen LogP contribution in [0.5, 0.6) is 0 Å². The number of aromatic amines is 1. The fraction of sp³-hybridized carbons (Fsp3) is 0.875. The molecular formula is C32H58N5O8PS.